The van der Waals surface area contributed by atoms with Gasteiger partial charge >= 0.3 is 0 Å². The highest BCUT2D eigenvalue weighted by molar-refractivity contribution is 9.11. The summed E-state index contributed by atoms with van der Waals surface area (Å²) in [5.41, 5.74) is 0.629. The minimum Gasteiger partial charge on any atom is -0.496 e. The summed E-state index contributed by atoms with van der Waals surface area (Å²) in [6, 6.07) is 11.1. The van der Waals surface area contributed by atoms with Crippen LogP contribution in [0.25, 0.3) is 0 Å². The zero-order chi connectivity index (χ0) is 14.7. The van der Waals surface area contributed by atoms with E-state index in [2.05, 4.69) is 31.9 Å². The van der Waals surface area contributed by atoms with Gasteiger partial charge in [-0.1, -0.05) is 22.0 Å². The van der Waals surface area contributed by atoms with Crippen LogP contribution in [0.1, 0.15) is 18.6 Å². The Kier molecular flexibility index (Phi) is 5.07. The lowest BCUT2D eigenvalue weighted by molar-refractivity contribution is 0.190. The zero-order valence-electron chi connectivity index (χ0n) is 11.1. The van der Waals surface area contributed by atoms with E-state index in [0.717, 1.165) is 8.95 Å². The highest BCUT2D eigenvalue weighted by Crippen LogP contribution is 2.39. The second-order valence-electron chi connectivity index (χ2n) is 4.22. The van der Waals surface area contributed by atoms with Gasteiger partial charge < -0.3 is 14.6 Å². The summed E-state index contributed by atoms with van der Waals surface area (Å²) in [7, 11) is 1.57. The van der Waals surface area contributed by atoms with Crippen molar-refractivity contribution >= 4 is 31.9 Å². The summed E-state index contributed by atoms with van der Waals surface area (Å²) in [5, 5.41) is 9.93. The molecule has 0 spiro atoms. The molecule has 0 radical (unpaired) electrons. The van der Waals surface area contributed by atoms with Crippen LogP contribution >= 0.6 is 31.9 Å². The molecular weight excluding hydrogens is 388 g/mol. The molecule has 0 amide bonds. The zero-order valence-corrected chi connectivity index (χ0v) is 14.2. The summed E-state index contributed by atoms with van der Waals surface area (Å²) < 4.78 is 12.9. The number of rotatable bonds is 4. The third-order valence-corrected chi connectivity index (χ3v) is 3.89. The second-order valence-corrected chi connectivity index (χ2v) is 5.99. The van der Waals surface area contributed by atoms with E-state index >= 15 is 0 Å². The predicted octanol–water partition coefficient (Wildman–Crippen LogP) is 5.07. The first-order chi connectivity index (χ1) is 9.52. The summed E-state index contributed by atoms with van der Waals surface area (Å²) in [6.45, 7) is 1.68. The van der Waals surface area contributed by atoms with Gasteiger partial charge in [0.15, 0.2) is 0 Å². The first-order valence-electron chi connectivity index (χ1n) is 6.00. The van der Waals surface area contributed by atoms with E-state index in [4.69, 9.17) is 9.47 Å². The summed E-state index contributed by atoms with van der Waals surface area (Å²) in [4.78, 5) is 0. The van der Waals surface area contributed by atoms with Gasteiger partial charge in [-0.25, -0.2) is 0 Å². The number of aliphatic hydroxyl groups excluding tert-OH is 1. The lowest BCUT2D eigenvalue weighted by Crippen LogP contribution is -2.00. The van der Waals surface area contributed by atoms with Crippen molar-refractivity contribution in [2.45, 2.75) is 13.0 Å². The van der Waals surface area contributed by atoms with Crippen molar-refractivity contribution in [3.05, 3.63) is 50.9 Å². The van der Waals surface area contributed by atoms with Gasteiger partial charge in [0.2, 0.25) is 0 Å². The molecule has 1 atom stereocenters. The van der Waals surface area contributed by atoms with Crippen LogP contribution in [-0.4, -0.2) is 12.2 Å². The molecule has 106 valence electrons. The monoisotopic (exact) mass is 400 g/mol. The van der Waals surface area contributed by atoms with E-state index in [1.54, 1.807) is 26.2 Å². The molecule has 0 heterocycles. The molecule has 2 rings (SSSR count). The van der Waals surface area contributed by atoms with Gasteiger partial charge in [-0.05, 0) is 53.2 Å². The van der Waals surface area contributed by atoms with E-state index in [-0.39, 0.29) is 0 Å². The lowest BCUT2D eigenvalue weighted by atomic mass is 10.1. The van der Waals surface area contributed by atoms with Crippen molar-refractivity contribution < 1.29 is 14.6 Å². The maximum absolute atomic E-state index is 9.93. The maximum atomic E-state index is 9.93. The molecule has 0 fully saturated rings. The van der Waals surface area contributed by atoms with Gasteiger partial charge in [0, 0.05) is 4.47 Å². The number of hydrogen-bond acceptors (Lipinski definition) is 3. The summed E-state index contributed by atoms with van der Waals surface area (Å²) >= 11 is 6.85. The highest BCUT2D eigenvalue weighted by Gasteiger charge is 2.16. The Morgan fingerprint density at radius 2 is 1.75 bits per heavy atom. The van der Waals surface area contributed by atoms with Gasteiger partial charge in [0.1, 0.15) is 17.2 Å². The molecule has 0 aliphatic rings. The minimum absolute atomic E-state index is 0.572. The Labute approximate surface area is 134 Å². The number of hydrogen-bond donors (Lipinski definition) is 1. The van der Waals surface area contributed by atoms with Gasteiger partial charge in [-0.3, -0.25) is 0 Å². The van der Waals surface area contributed by atoms with Gasteiger partial charge in [0.05, 0.1) is 23.2 Å². The highest BCUT2D eigenvalue weighted by atomic mass is 79.9. The summed E-state index contributed by atoms with van der Waals surface area (Å²) in [5.74, 6) is 1.84. The molecule has 20 heavy (non-hydrogen) atoms. The standard InChI is InChI=1S/C15H14Br2O3/c1-9(18)15-13(19-2)4-3-5-14(15)20-12-7-6-10(16)8-11(12)17/h3-9,18H,1-2H3. The Bertz CT molecular complexity index is 612. The van der Waals surface area contributed by atoms with Gasteiger partial charge in [-0.15, -0.1) is 0 Å². The van der Waals surface area contributed by atoms with Crippen LogP contribution in [0.5, 0.6) is 17.2 Å². The lowest BCUT2D eigenvalue weighted by Gasteiger charge is -2.17. The number of aliphatic hydroxyl groups is 1. The first-order valence-corrected chi connectivity index (χ1v) is 7.59. The van der Waals surface area contributed by atoms with Crippen molar-refractivity contribution in [3.8, 4) is 17.2 Å². The molecule has 0 aliphatic carbocycles. The van der Waals surface area contributed by atoms with E-state index < -0.39 is 6.10 Å². The van der Waals surface area contributed by atoms with Crippen LogP contribution in [0, 0.1) is 0 Å². The quantitative estimate of drug-likeness (QED) is 0.777. The smallest absolute Gasteiger partial charge is 0.141 e. The van der Waals surface area contributed by atoms with Crippen LogP contribution in [0.4, 0.5) is 0 Å². The van der Waals surface area contributed by atoms with Crippen LogP contribution in [0.2, 0.25) is 0 Å². The normalized spacial score (nSPS) is 12.1. The molecule has 2 aromatic rings. The van der Waals surface area contributed by atoms with Crippen LogP contribution in [0.15, 0.2) is 45.3 Å². The fourth-order valence-corrected chi connectivity index (χ4v) is 3.01. The Hall–Kier alpha value is -1.04. The number of ether oxygens (including phenoxy) is 2. The SMILES string of the molecule is COc1cccc(Oc2ccc(Br)cc2Br)c1C(C)O. The van der Waals surface area contributed by atoms with Crippen molar-refractivity contribution in [1.82, 2.24) is 0 Å². The molecule has 3 nitrogen and oxygen atoms in total. The molecule has 0 aliphatic heterocycles. The Balaban J connectivity index is 2.43. The minimum atomic E-state index is -0.685. The van der Waals surface area contributed by atoms with E-state index in [1.807, 2.05) is 24.3 Å². The number of benzene rings is 2. The molecule has 0 bridgehead atoms. The van der Waals surface area contributed by atoms with Crippen LogP contribution < -0.4 is 9.47 Å². The molecule has 0 saturated carbocycles. The molecule has 5 heteroatoms. The van der Waals surface area contributed by atoms with E-state index in [0.29, 0.717) is 22.8 Å². The molecule has 1 N–H and O–H groups in total. The van der Waals surface area contributed by atoms with Crippen LogP contribution in [-0.2, 0) is 0 Å². The van der Waals surface area contributed by atoms with Crippen molar-refractivity contribution in [2.75, 3.05) is 7.11 Å². The predicted molar refractivity (Wildman–Crippen MR) is 85.5 cm³/mol. The summed E-state index contributed by atoms with van der Waals surface area (Å²) in [6.07, 6.45) is -0.685. The average Bonchev–Trinajstić information content (AvgIpc) is 2.41. The first kappa shape index (κ1) is 15.4. The third kappa shape index (κ3) is 3.34. The van der Waals surface area contributed by atoms with Crippen molar-refractivity contribution in [1.29, 1.82) is 0 Å². The average molecular weight is 402 g/mol. The molecular formula is C15H14Br2O3. The molecule has 0 saturated heterocycles. The third-order valence-electron chi connectivity index (χ3n) is 2.78. The van der Waals surface area contributed by atoms with E-state index in [9.17, 15) is 5.11 Å². The second kappa shape index (κ2) is 6.61. The van der Waals surface area contributed by atoms with E-state index in [1.165, 1.54) is 0 Å². The van der Waals surface area contributed by atoms with Crippen molar-refractivity contribution in [2.24, 2.45) is 0 Å². The van der Waals surface area contributed by atoms with Gasteiger partial charge in [0.25, 0.3) is 0 Å². The fraction of sp³-hybridized carbons (Fsp3) is 0.200. The van der Waals surface area contributed by atoms with Crippen molar-refractivity contribution in [3.63, 3.8) is 0 Å². The Morgan fingerprint density at radius 1 is 1.05 bits per heavy atom. The van der Waals surface area contributed by atoms with Crippen LogP contribution in [0.3, 0.4) is 0 Å². The fourth-order valence-electron chi connectivity index (χ4n) is 1.88. The van der Waals surface area contributed by atoms with Gasteiger partial charge in [-0.2, -0.15) is 0 Å². The molecule has 1 unspecified atom stereocenters. The maximum Gasteiger partial charge on any atom is 0.141 e. The number of methoxy groups -OCH3 is 1. The topological polar surface area (TPSA) is 38.7 Å². The molecule has 0 aromatic heterocycles. The number of halogens is 2. The largest absolute Gasteiger partial charge is 0.496 e. The molecule has 2 aromatic carbocycles. The Morgan fingerprint density at radius 3 is 2.35 bits per heavy atom.